The lowest BCUT2D eigenvalue weighted by molar-refractivity contribution is -0.111. The largest absolute Gasteiger partial charge is 0.323 e. The van der Waals surface area contributed by atoms with Crippen LogP contribution in [-0.4, -0.2) is 12.2 Å². The highest BCUT2D eigenvalue weighted by molar-refractivity contribution is 7.97. The molecule has 1 rings (SSSR count). The number of carbonyl (C=O) groups excluding carboxylic acids is 1. The van der Waals surface area contributed by atoms with Crippen molar-refractivity contribution < 1.29 is 4.79 Å². The topological polar surface area (TPSA) is 29.1 Å². The Kier molecular flexibility index (Phi) is 6.18. The zero-order chi connectivity index (χ0) is 12.5. The summed E-state index contributed by atoms with van der Waals surface area (Å²) in [5.74, 6) is 0.885. The second kappa shape index (κ2) is 7.74. The van der Waals surface area contributed by atoms with Crippen molar-refractivity contribution in [2.75, 3.05) is 11.6 Å². The monoisotopic (exact) mass is 247 g/mol. The van der Waals surface area contributed by atoms with Gasteiger partial charge in [-0.3, -0.25) is 4.79 Å². The Bertz CT molecular complexity index is 407. The summed E-state index contributed by atoms with van der Waals surface area (Å²) < 4.78 is 0. The van der Waals surface area contributed by atoms with E-state index in [0.717, 1.165) is 11.4 Å². The molecule has 1 N–H and O–H groups in total. The second-order valence-corrected chi connectivity index (χ2v) is 4.37. The zero-order valence-corrected chi connectivity index (χ0v) is 11.0. The first-order chi connectivity index (χ1) is 8.26. The lowest BCUT2D eigenvalue weighted by Crippen LogP contribution is -2.07. The molecule has 0 heterocycles. The van der Waals surface area contributed by atoms with Crippen LogP contribution in [-0.2, 0) is 10.5 Å². The highest BCUT2D eigenvalue weighted by Crippen LogP contribution is 2.13. The van der Waals surface area contributed by atoms with Crippen LogP contribution in [0.4, 0.5) is 5.69 Å². The quantitative estimate of drug-likeness (QED) is 0.636. The Morgan fingerprint density at radius 1 is 1.29 bits per heavy atom. The number of hydrogen-bond donors (Lipinski definition) is 1. The molecule has 0 spiro atoms. The average molecular weight is 247 g/mol. The van der Waals surface area contributed by atoms with E-state index in [1.807, 2.05) is 43.3 Å². The van der Waals surface area contributed by atoms with Crippen LogP contribution in [0, 0.1) is 0 Å². The zero-order valence-electron chi connectivity index (χ0n) is 10.1. The summed E-state index contributed by atoms with van der Waals surface area (Å²) in [5.41, 5.74) is 2.09. The van der Waals surface area contributed by atoms with Crippen LogP contribution in [0.1, 0.15) is 12.5 Å². The van der Waals surface area contributed by atoms with Crippen molar-refractivity contribution in [1.82, 2.24) is 0 Å². The van der Waals surface area contributed by atoms with Crippen LogP contribution >= 0.6 is 11.8 Å². The van der Waals surface area contributed by atoms with Gasteiger partial charge in [0.1, 0.15) is 0 Å². The minimum absolute atomic E-state index is 0.110. The smallest absolute Gasteiger partial charge is 0.248 e. The first-order valence-electron chi connectivity index (χ1n) is 5.44. The van der Waals surface area contributed by atoms with Crippen molar-refractivity contribution in [1.29, 1.82) is 0 Å². The molecule has 1 aromatic rings. The summed E-state index contributed by atoms with van der Waals surface area (Å²) >= 11 is 1.78. The molecular formula is C14H17NOS. The Labute approximate surface area is 107 Å². The molecular weight excluding hydrogens is 230 g/mol. The van der Waals surface area contributed by atoms with Gasteiger partial charge in [-0.1, -0.05) is 30.4 Å². The first kappa shape index (κ1) is 13.6. The van der Waals surface area contributed by atoms with Crippen molar-refractivity contribution in [3.05, 3.63) is 54.1 Å². The summed E-state index contributed by atoms with van der Waals surface area (Å²) in [5, 5.41) is 2.80. The minimum atomic E-state index is -0.110. The molecule has 0 saturated carbocycles. The van der Waals surface area contributed by atoms with Gasteiger partial charge >= 0.3 is 0 Å². The van der Waals surface area contributed by atoms with Gasteiger partial charge in [-0.25, -0.2) is 0 Å². The Balaban J connectivity index is 2.54. The molecule has 0 fully saturated rings. The maximum atomic E-state index is 11.5. The van der Waals surface area contributed by atoms with Gasteiger partial charge in [0.15, 0.2) is 0 Å². The Hall–Kier alpha value is -1.48. The SMILES string of the molecule is CC=CC=CC(=O)Nc1ccc(CSC)cc1. The molecule has 0 bridgehead atoms. The third-order valence-corrected chi connectivity index (χ3v) is 2.71. The van der Waals surface area contributed by atoms with Crippen LogP contribution in [0.3, 0.4) is 0 Å². The highest BCUT2D eigenvalue weighted by atomic mass is 32.2. The Morgan fingerprint density at radius 3 is 2.59 bits per heavy atom. The average Bonchev–Trinajstić information content (AvgIpc) is 2.32. The molecule has 0 aromatic heterocycles. The fraction of sp³-hybridized carbons (Fsp3) is 0.214. The normalized spacial score (nSPS) is 11.2. The van der Waals surface area contributed by atoms with Crippen molar-refractivity contribution in [2.45, 2.75) is 12.7 Å². The number of benzene rings is 1. The third kappa shape index (κ3) is 5.41. The third-order valence-electron chi connectivity index (χ3n) is 2.08. The molecule has 17 heavy (non-hydrogen) atoms. The lowest BCUT2D eigenvalue weighted by Gasteiger charge is -2.03. The molecule has 0 radical (unpaired) electrons. The summed E-state index contributed by atoms with van der Waals surface area (Å²) in [4.78, 5) is 11.5. The molecule has 0 aliphatic carbocycles. The molecule has 1 amide bonds. The fourth-order valence-corrected chi connectivity index (χ4v) is 1.81. The second-order valence-electron chi connectivity index (χ2n) is 3.50. The van der Waals surface area contributed by atoms with Gasteiger partial charge in [0.2, 0.25) is 5.91 Å². The maximum absolute atomic E-state index is 11.5. The van der Waals surface area contributed by atoms with Gasteiger partial charge < -0.3 is 5.32 Å². The first-order valence-corrected chi connectivity index (χ1v) is 6.84. The van der Waals surface area contributed by atoms with Gasteiger partial charge in [0, 0.05) is 17.5 Å². The summed E-state index contributed by atoms with van der Waals surface area (Å²) in [6.07, 6.45) is 9.00. The van der Waals surface area contributed by atoms with Crippen LogP contribution in [0.15, 0.2) is 48.6 Å². The summed E-state index contributed by atoms with van der Waals surface area (Å²) in [6.45, 7) is 1.91. The predicted octanol–water partition coefficient (Wildman–Crippen LogP) is 3.62. The van der Waals surface area contributed by atoms with E-state index in [-0.39, 0.29) is 5.91 Å². The summed E-state index contributed by atoms with van der Waals surface area (Å²) in [6, 6.07) is 7.91. The van der Waals surface area contributed by atoms with Gasteiger partial charge in [-0.15, -0.1) is 0 Å². The molecule has 0 atom stereocenters. The van der Waals surface area contributed by atoms with E-state index in [1.165, 1.54) is 11.6 Å². The van der Waals surface area contributed by atoms with Crippen LogP contribution < -0.4 is 5.32 Å². The number of amides is 1. The van der Waals surface area contributed by atoms with E-state index in [0.29, 0.717) is 0 Å². The van der Waals surface area contributed by atoms with Gasteiger partial charge in [-0.05, 0) is 30.9 Å². The van der Waals surface area contributed by atoms with Crippen molar-refractivity contribution in [3.8, 4) is 0 Å². The molecule has 0 saturated heterocycles. The van der Waals surface area contributed by atoms with E-state index in [2.05, 4.69) is 11.6 Å². The summed E-state index contributed by atoms with van der Waals surface area (Å²) in [7, 11) is 0. The fourth-order valence-electron chi connectivity index (χ4n) is 1.29. The van der Waals surface area contributed by atoms with Crippen LogP contribution in [0.5, 0.6) is 0 Å². The molecule has 1 aromatic carbocycles. The van der Waals surface area contributed by atoms with E-state index < -0.39 is 0 Å². The number of nitrogens with one attached hydrogen (secondary N) is 1. The molecule has 3 heteroatoms. The number of allylic oxidation sites excluding steroid dienone is 3. The number of carbonyl (C=O) groups is 1. The van der Waals surface area contributed by atoms with E-state index in [1.54, 1.807) is 17.8 Å². The number of thioether (sulfide) groups is 1. The van der Waals surface area contributed by atoms with Crippen LogP contribution in [0.25, 0.3) is 0 Å². The van der Waals surface area contributed by atoms with Crippen molar-refractivity contribution in [2.24, 2.45) is 0 Å². The van der Waals surface area contributed by atoms with E-state index >= 15 is 0 Å². The van der Waals surface area contributed by atoms with Gasteiger partial charge in [0.25, 0.3) is 0 Å². The van der Waals surface area contributed by atoms with Crippen molar-refractivity contribution >= 4 is 23.4 Å². The van der Waals surface area contributed by atoms with Crippen molar-refractivity contribution in [3.63, 3.8) is 0 Å². The maximum Gasteiger partial charge on any atom is 0.248 e. The van der Waals surface area contributed by atoms with Gasteiger partial charge in [0.05, 0.1) is 0 Å². The molecule has 0 aliphatic rings. The molecule has 2 nitrogen and oxygen atoms in total. The van der Waals surface area contributed by atoms with Crippen LogP contribution in [0.2, 0.25) is 0 Å². The van der Waals surface area contributed by atoms with E-state index in [4.69, 9.17) is 0 Å². The molecule has 0 aliphatic heterocycles. The van der Waals surface area contributed by atoms with E-state index in [9.17, 15) is 4.79 Å². The van der Waals surface area contributed by atoms with Gasteiger partial charge in [-0.2, -0.15) is 11.8 Å². The minimum Gasteiger partial charge on any atom is -0.323 e. The molecule has 0 unspecified atom stereocenters. The highest BCUT2D eigenvalue weighted by Gasteiger charge is 1.97. The Morgan fingerprint density at radius 2 is 2.00 bits per heavy atom. The number of anilines is 1. The lowest BCUT2D eigenvalue weighted by atomic mass is 10.2. The number of rotatable bonds is 5. The predicted molar refractivity (Wildman–Crippen MR) is 76.2 cm³/mol. The number of hydrogen-bond acceptors (Lipinski definition) is 2. The molecule has 90 valence electrons. The standard InChI is InChI=1S/C14H17NOS/c1-3-4-5-6-14(16)15-13-9-7-12(8-10-13)11-17-2/h3-10H,11H2,1-2H3,(H,15,16).